The third-order valence-corrected chi connectivity index (χ3v) is 3.33. The largest absolute Gasteiger partial charge is 0.497 e. The summed E-state index contributed by atoms with van der Waals surface area (Å²) in [5.41, 5.74) is 3.99. The number of urea groups is 1. The molecule has 2 aromatic carbocycles. The third kappa shape index (κ3) is 3.99. The highest BCUT2D eigenvalue weighted by atomic mass is 16.5. The van der Waals surface area contributed by atoms with Crippen LogP contribution < -0.4 is 15.4 Å². The molecule has 0 heterocycles. The van der Waals surface area contributed by atoms with Crippen LogP contribution in [0.15, 0.2) is 42.5 Å². The van der Waals surface area contributed by atoms with E-state index in [2.05, 4.69) is 10.6 Å². The van der Waals surface area contributed by atoms with Crippen LogP contribution in [0, 0.1) is 13.8 Å². The van der Waals surface area contributed by atoms with E-state index < -0.39 is 0 Å². The summed E-state index contributed by atoms with van der Waals surface area (Å²) in [4.78, 5) is 12.0. The normalized spacial score (nSPS) is 10.0. The second-order valence-corrected chi connectivity index (χ2v) is 4.92. The highest BCUT2D eigenvalue weighted by Crippen LogP contribution is 2.19. The molecule has 2 aromatic rings. The molecule has 0 unspecified atom stereocenters. The van der Waals surface area contributed by atoms with Crippen LogP contribution in [0.1, 0.15) is 16.7 Å². The third-order valence-electron chi connectivity index (χ3n) is 3.33. The number of ether oxygens (including phenoxy) is 1. The van der Waals surface area contributed by atoms with Crippen LogP contribution in [0.2, 0.25) is 0 Å². The van der Waals surface area contributed by atoms with Crippen molar-refractivity contribution < 1.29 is 9.53 Å². The molecule has 0 aliphatic heterocycles. The first-order chi connectivity index (χ1) is 10.1. The van der Waals surface area contributed by atoms with Gasteiger partial charge in [-0.15, -0.1) is 0 Å². The van der Waals surface area contributed by atoms with Crippen LogP contribution in [0.5, 0.6) is 5.75 Å². The molecule has 0 atom stereocenters. The summed E-state index contributed by atoms with van der Waals surface area (Å²) in [6.07, 6.45) is 0. The second kappa shape index (κ2) is 6.79. The Bertz CT molecular complexity index is 601. The highest BCUT2D eigenvalue weighted by molar-refractivity contribution is 5.90. The number of para-hydroxylation sites is 1. The minimum Gasteiger partial charge on any atom is -0.497 e. The molecule has 4 heteroatoms. The lowest BCUT2D eigenvalue weighted by Crippen LogP contribution is -2.28. The predicted octanol–water partition coefficient (Wildman–Crippen LogP) is 3.63. The smallest absolute Gasteiger partial charge is 0.319 e. The first kappa shape index (κ1) is 14.9. The van der Waals surface area contributed by atoms with Crippen LogP contribution in [-0.4, -0.2) is 13.1 Å². The van der Waals surface area contributed by atoms with Crippen molar-refractivity contribution in [2.75, 3.05) is 12.4 Å². The minimum absolute atomic E-state index is 0.205. The van der Waals surface area contributed by atoms with E-state index in [0.717, 1.165) is 28.1 Å². The summed E-state index contributed by atoms with van der Waals surface area (Å²) in [7, 11) is 1.63. The quantitative estimate of drug-likeness (QED) is 0.900. The molecule has 0 aromatic heterocycles. The van der Waals surface area contributed by atoms with Crippen molar-refractivity contribution in [3.63, 3.8) is 0 Å². The average molecular weight is 284 g/mol. The van der Waals surface area contributed by atoms with Gasteiger partial charge in [0.15, 0.2) is 0 Å². The van der Waals surface area contributed by atoms with Crippen molar-refractivity contribution >= 4 is 11.7 Å². The standard InChI is InChI=1S/C17H20N2O2/c1-12-5-4-6-13(2)16(12)19-17(20)18-11-14-7-9-15(21-3)10-8-14/h4-10H,11H2,1-3H3,(H2,18,19,20). The second-order valence-electron chi connectivity index (χ2n) is 4.92. The van der Waals surface area contributed by atoms with E-state index in [0.29, 0.717) is 6.54 Å². The van der Waals surface area contributed by atoms with Crippen LogP contribution in [-0.2, 0) is 6.54 Å². The molecule has 21 heavy (non-hydrogen) atoms. The topological polar surface area (TPSA) is 50.4 Å². The van der Waals surface area contributed by atoms with E-state index >= 15 is 0 Å². The summed E-state index contributed by atoms with van der Waals surface area (Å²) in [5.74, 6) is 0.804. The maximum atomic E-state index is 12.0. The van der Waals surface area contributed by atoms with Gasteiger partial charge in [0.1, 0.15) is 5.75 Å². The first-order valence-corrected chi connectivity index (χ1v) is 6.84. The van der Waals surface area contributed by atoms with Gasteiger partial charge in [-0.3, -0.25) is 0 Å². The lowest BCUT2D eigenvalue weighted by atomic mass is 10.1. The molecule has 0 saturated carbocycles. The van der Waals surface area contributed by atoms with Crippen molar-refractivity contribution in [3.05, 3.63) is 59.2 Å². The first-order valence-electron chi connectivity index (χ1n) is 6.84. The maximum Gasteiger partial charge on any atom is 0.319 e. The number of nitrogens with one attached hydrogen (secondary N) is 2. The van der Waals surface area contributed by atoms with Gasteiger partial charge in [0.05, 0.1) is 7.11 Å². The molecule has 2 amide bonds. The van der Waals surface area contributed by atoms with Crippen LogP contribution in [0.4, 0.5) is 10.5 Å². The number of methoxy groups -OCH3 is 1. The summed E-state index contributed by atoms with van der Waals surface area (Å²) in [5, 5.41) is 5.75. The molecular formula is C17H20N2O2. The molecule has 110 valence electrons. The van der Waals surface area contributed by atoms with Crippen molar-refractivity contribution in [2.45, 2.75) is 20.4 Å². The van der Waals surface area contributed by atoms with Gasteiger partial charge >= 0.3 is 6.03 Å². The van der Waals surface area contributed by atoms with Gasteiger partial charge < -0.3 is 15.4 Å². The Kier molecular flexibility index (Phi) is 4.82. The number of amides is 2. The Labute approximate surface area is 125 Å². The predicted molar refractivity (Wildman–Crippen MR) is 84.8 cm³/mol. The number of carbonyl (C=O) groups is 1. The molecule has 0 spiro atoms. The molecule has 0 bridgehead atoms. The Hall–Kier alpha value is -2.49. The fourth-order valence-electron chi connectivity index (χ4n) is 2.10. The van der Waals surface area contributed by atoms with Crippen LogP contribution >= 0.6 is 0 Å². The highest BCUT2D eigenvalue weighted by Gasteiger charge is 2.06. The Morgan fingerprint density at radius 2 is 1.67 bits per heavy atom. The molecule has 0 saturated heterocycles. The molecule has 4 nitrogen and oxygen atoms in total. The number of aryl methyl sites for hydroxylation is 2. The summed E-state index contributed by atoms with van der Waals surface area (Å²) in [6, 6.07) is 13.3. The number of benzene rings is 2. The molecule has 0 aliphatic carbocycles. The van der Waals surface area contributed by atoms with E-state index in [1.165, 1.54) is 0 Å². The van der Waals surface area contributed by atoms with E-state index in [9.17, 15) is 4.79 Å². The average Bonchev–Trinajstić information content (AvgIpc) is 2.49. The van der Waals surface area contributed by atoms with E-state index in [-0.39, 0.29) is 6.03 Å². The van der Waals surface area contributed by atoms with E-state index in [1.54, 1.807) is 7.11 Å². The SMILES string of the molecule is COc1ccc(CNC(=O)Nc2c(C)cccc2C)cc1. The summed E-state index contributed by atoms with van der Waals surface area (Å²) >= 11 is 0. The zero-order chi connectivity index (χ0) is 15.2. The van der Waals surface area contributed by atoms with Crippen LogP contribution in [0.25, 0.3) is 0 Å². The summed E-state index contributed by atoms with van der Waals surface area (Å²) in [6.45, 7) is 4.43. The van der Waals surface area contributed by atoms with Crippen molar-refractivity contribution in [1.29, 1.82) is 0 Å². The molecule has 0 radical (unpaired) electrons. The zero-order valence-corrected chi connectivity index (χ0v) is 12.6. The van der Waals surface area contributed by atoms with Crippen LogP contribution in [0.3, 0.4) is 0 Å². The number of hydrogen-bond donors (Lipinski definition) is 2. The van der Waals surface area contributed by atoms with E-state index in [4.69, 9.17) is 4.74 Å². The van der Waals surface area contributed by atoms with Gasteiger partial charge in [-0.05, 0) is 42.7 Å². The van der Waals surface area contributed by atoms with Gasteiger partial charge in [-0.2, -0.15) is 0 Å². The lowest BCUT2D eigenvalue weighted by molar-refractivity contribution is 0.251. The Morgan fingerprint density at radius 1 is 1.05 bits per heavy atom. The molecular weight excluding hydrogens is 264 g/mol. The van der Waals surface area contributed by atoms with Crippen molar-refractivity contribution in [2.24, 2.45) is 0 Å². The monoisotopic (exact) mass is 284 g/mol. The van der Waals surface area contributed by atoms with Crippen molar-refractivity contribution in [1.82, 2.24) is 5.32 Å². The molecule has 0 fully saturated rings. The van der Waals surface area contributed by atoms with Gasteiger partial charge in [0, 0.05) is 12.2 Å². The molecule has 2 rings (SSSR count). The number of rotatable bonds is 4. The Morgan fingerprint density at radius 3 is 2.24 bits per heavy atom. The molecule has 2 N–H and O–H groups in total. The van der Waals surface area contributed by atoms with Gasteiger partial charge in [-0.1, -0.05) is 30.3 Å². The molecule has 0 aliphatic rings. The lowest BCUT2D eigenvalue weighted by Gasteiger charge is -2.12. The summed E-state index contributed by atoms with van der Waals surface area (Å²) < 4.78 is 5.10. The zero-order valence-electron chi connectivity index (χ0n) is 12.6. The van der Waals surface area contributed by atoms with Crippen molar-refractivity contribution in [3.8, 4) is 5.75 Å². The number of hydrogen-bond acceptors (Lipinski definition) is 2. The Balaban J connectivity index is 1.92. The fraction of sp³-hybridized carbons (Fsp3) is 0.235. The minimum atomic E-state index is -0.205. The van der Waals surface area contributed by atoms with E-state index in [1.807, 2.05) is 56.3 Å². The maximum absolute atomic E-state index is 12.0. The van der Waals surface area contributed by atoms with Gasteiger partial charge in [-0.25, -0.2) is 4.79 Å². The fourth-order valence-corrected chi connectivity index (χ4v) is 2.10. The number of carbonyl (C=O) groups excluding carboxylic acids is 1. The van der Waals surface area contributed by atoms with Gasteiger partial charge in [0.2, 0.25) is 0 Å². The number of anilines is 1. The van der Waals surface area contributed by atoms with Gasteiger partial charge in [0.25, 0.3) is 0 Å².